The van der Waals surface area contributed by atoms with E-state index >= 15 is 0 Å². The Morgan fingerprint density at radius 2 is 1.73 bits per heavy atom. The second kappa shape index (κ2) is 9.33. The number of anilines is 1. The number of amides is 1. The summed E-state index contributed by atoms with van der Waals surface area (Å²) in [4.78, 5) is 45.8. The molecule has 202 valence electrons. The molecule has 40 heavy (non-hydrogen) atoms. The molecule has 0 bridgehead atoms. The highest BCUT2D eigenvalue weighted by molar-refractivity contribution is 6.16. The van der Waals surface area contributed by atoms with Crippen molar-refractivity contribution < 1.29 is 19.1 Å². The number of ketones is 2. The van der Waals surface area contributed by atoms with E-state index in [1.54, 1.807) is 30.3 Å². The van der Waals surface area contributed by atoms with Gasteiger partial charge in [0, 0.05) is 17.3 Å². The fraction of sp³-hybridized carbons (Fsp3) is 0.265. The number of carbonyl (C=O) groups excluding carboxylic acids is 3. The first kappa shape index (κ1) is 25.8. The Hall–Kier alpha value is -4.45. The van der Waals surface area contributed by atoms with Gasteiger partial charge in [-0.1, -0.05) is 88.0 Å². The van der Waals surface area contributed by atoms with Gasteiger partial charge >= 0.3 is 0 Å². The maximum absolute atomic E-state index is 15.0. The molecule has 6 heteroatoms. The molecular formula is C34H32N2O4. The van der Waals surface area contributed by atoms with Gasteiger partial charge in [-0.3, -0.25) is 14.4 Å². The zero-order chi connectivity index (χ0) is 28.2. The lowest BCUT2D eigenvalue weighted by Gasteiger charge is -2.38. The summed E-state index contributed by atoms with van der Waals surface area (Å²) < 4.78 is 5.90. The molecule has 4 atom stereocenters. The van der Waals surface area contributed by atoms with Crippen LogP contribution in [-0.4, -0.2) is 35.0 Å². The second-order valence-electron chi connectivity index (χ2n) is 11.7. The van der Waals surface area contributed by atoms with Crippen LogP contribution < -0.4 is 10.1 Å². The standard InChI is InChI=1S/C34H32N2O4/c1-5-20-40-26-17-11-8-14-23(26)29(37)27-28(31(38)33(2,3)4)36-19-18-21-12-6-7-13-22(21)30(36)34(27)24-15-9-10-16-25(24)35-32(34)39/h5-19,27-28,30H,1,20H2,2-4H3,(H,35,39)/t27-,28-,30+,34+/m0/s1. The van der Waals surface area contributed by atoms with Gasteiger partial charge in [0.25, 0.3) is 0 Å². The molecule has 3 aliphatic rings. The van der Waals surface area contributed by atoms with Crippen molar-refractivity contribution in [1.82, 2.24) is 4.90 Å². The number of para-hydroxylation sites is 2. The van der Waals surface area contributed by atoms with Crippen molar-refractivity contribution in [3.63, 3.8) is 0 Å². The van der Waals surface area contributed by atoms with E-state index in [1.807, 2.05) is 86.5 Å². The van der Waals surface area contributed by atoms with Gasteiger partial charge in [0.1, 0.15) is 17.8 Å². The van der Waals surface area contributed by atoms with Crippen molar-refractivity contribution in [1.29, 1.82) is 0 Å². The molecule has 0 radical (unpaired) electrons. The lowest BCUT2D eigenvalue weighted by Crippen LogP contribution is -2.50. The number of hydrogen-bond donors (Lipinski definition) is 1. The zero-order valence-electron chi connectivity index (χ0n) is 22.9. The van der Waals surface area contributed by atoms with Crippen LogP contribution in [0, 0.1) is 11.3 Å². The largest absolute Gasteiger partial charge is 0.489 e. The highest BCUT2D eigenvalue weighted by Gasteiger charge is 2.71. The lowest BCUT2D eigenvalue weighted by atomic mass is 9.62. The number of nitrogens with one attached hydrogen (secondary N) is 1. The first-order valence-corrected chi connectivity index (χ1v) is 13.6. The van der Waals surface area contributed by atoms with Gasteiger partial charge in [-0.2, -0.15) is 0 Å². The van der Waals surface area contributed by atoms with Gasteiger partial charge in [-0.15, -0.1) is 0 Å². The van der Waals surface area contributed by atoms with Crippen LogP contribution in [0.1, 0.15) is 53.9 Å². The fourth-order valence-corrected chi connectivity index (χ4v) is 6.72. The predicted octanol–water partition coefficient (Wildman–Crippen LogP) is 5.97. The number of carbonyl (C=O) groups is 3. The molecule has 3 aromatic rings. The highest BCUT2D eigenvalue weighted by atomic mass is 16.5. The van der Waals surface area contributed by atoms with E-state index in [-0.39, 0.29) is 24.1 Å². The Balaban J connectivity index is 1.67. The molecule has 0 unspecified atom stereocenters. The van der Waals surface area contributed by atoms with Crippen molar-refractivity contribution in [2.45, 2.75) is 38.3 Å². The Morgan fingerprint density at radius 1 is 1.02 bits per heavy atom. The number of ether oxygens (including phenoxy) is 1. The number of hydrogen-bond acceptors (Lipinski definition) is 5. The van der Waals surface area contributed by atoms with Crippen molar-refractivity contribution in [3.05, 3.63) is 114 Å². The summed E-state index contributed by atoms with van der Waals surface area (Å²) in [6.07, 6.45) is 5.48. The van der Waals surface area contributed by atoms with E-state index in [1.165, 1.54) is 0 Å². The number of Topliss-reactive ketones (excluding diaryl/α,β-unsaturated/α-hetero) is 2. The van der Waals surface area contributed by atoms with E-state index < -0.39 is 28.8 Å². The molecule has 1 N–H and O–H groups in total. The molecule has 3 heterocycles. The molecule has 0 aliphatic carbocycles. The van der Waals surface area contributed by atoms with Crippen LogP contribution in [0.2, 0.25) is 0 Å². The van der Waals surface area contributed by atoms with Crippen molar-refractivity contribution >= 4 is 29.2 Å². The average molecular weight is 533 g/mol. The Morgan fingerprint density at radius 3 is 2.50 bits per heavy atom. The van der Waals surface area contributed by atoms with E-state index in [9.17, 15) is 14.4 Å². The minimum Gasteiger partial charge on any atom is -0.489 e. The van der Waals surface area contributed by atoms with Gasteiger partial charge in [-0.25, -0.2) is 0 Å². The first-order chi connectivity index (χ1) is 19.2. The summed E-state index contributed by atoms with van der Waals surface area (Å²) >= 11 is 0. The zero-order valence-corrected chi connectivity index (χ0v) is 22.9. The van der Waals surface area contributed by atoms with Crippen LogP contribution >= 0.6 is 0 Å². The summed E-state index contributed by atoms with van der Waals surface area (Å²) in [6.45, 7) is 9.54. The topological polar surface area (TPSA) is 75.7 Å². The molecule has 3 aliphatic heterocycles. The van der Waals surface area contributed by atoms with Gasteiger partial charge in [0.05, 0.1) is 23.6 Å². The molecule has 0 aromatic heterocycles. The first-order valence-electron chi connectivity index (χ1n) is 13.6. The third-order valence-corrected chi connectivity index (χ3v) is 8.37. The number of fused-ring (bicyclic) bond motifs is 6. The van der Waals surface area contributed by atoms with Crippen LogP contribution in [0.5, 0.6) is 5.75 Å². The molecule has 6 nitrogen and oxygen atoms in total. The molecule has 0 saturated carbocycles. The number of benzene rings is 3. The van der Waals surface area contributed by atoms with Gasteiger partial charge < -0.3 is 15.0 Å². The summed E-state index contributed by atoms with van der Waals surface area (Å²) in [7, 11) is 0. The fourth-order valence-electron chi connectivity index (χ4n) is 6.72. The summed E-state index contributed by atoms with van der Waals surface area (Å²) in [5.74, 6) is -1.29. The molecule has 1 fully saturated rings. The second-order valence-corrected chi connectivity index (χ2v) is 11.7. The van der Waals surface area contributed by atoms with Crippen LogP contribution in [0.3, 0.4) is 0 Å². The summed E-state index contributed by atoms with van der Waals surface area (Å²) in [6, 6.07) is 21.0. The monoisotopic (exact) mass is 532 g/mol. The molecule has 1 spiro atoms. The minimum atomic E-state index is -1.36. The Kier molecular flexibility index (Phi) is 6.02. The van der Waals surface area contributed by atoms with Gasteiger partial charge in [0.2, 0.25) is 5.91 Å². The Labute approximate surface area is 234 Å². The molecule has 1 saturated heterocycles. The maximum atomic E-state index is 15.0. The SMILES string of the molecule is C=CCOc1ccccc1C(=O)[C@@H]1[C@@H](C(=O)C(C)(C)C)N2C=Cc3ccccc3[C@@H]2[C@]12C(=O)Nc1ccccc12. The number of nitrogens with zero attached hydrogens (tertiary/aromatic N) is 1. The molecule has 6 rings (SSSR count). The van der Waals surface area contributed by atoms with Crippen LogP contribution in [-0.2, 0) is 15.0 Å². The summed E-state index contributed by atoms with van der Waals surface area (Å²) in [5, 5.41) is 3.08. The van der Waals surface area contributed by atoms with Gasteiger partial charge in [0.15, 0.2) is 11.6 Å². The molecule has 1 amide bonds. The van der Waals surface area contributed by atoms with Crippen LogP contribution in [0.15, 0.2) is 91.7 Å². The number of rotatable bonds is 6. The molecule has 3 aromatic carbocycles. The average Bonchev–Trinajstić information content (AvgIpc) is 3.43. The molecular weight excluding hydrogens is 500 g/mol. The third-order valence-electron chi connectivity index (χ3n) is 8.37. The van der Waals surface area contributed by atoms with E-state index in [0.29, 0.717) is 17.0 Å². The minimum absolute atomic E-state index is 0.0987. The van der Waals surface area contributed by atoms with Crippen molar-refractivity contribution in [2.75, 3.05) is 11.9 Å². The van der Waals surface area contributed by atoms with E-state index in [0.717, 1.165) is 16.7 Å². The summed E-state index contributed by atoms with van der Waals surface area (Å²) in [5.41, 5.74) is 1.49. The smallest absolute Gasteiger partial charge is 0.238 e. The predicted molar refractivity (Wildman–Crippen MR) is 155 cm³/mol. The van der Waals surface area contributed by atoms with E-state index in [2.05, 4.69) is 11.9 Å². The lowest BCUT2D eigenvalue weighted by molar-refractivity contribution is -0.131. The normalized spacial score (nSPS) is 24.2. The van der Waals surface area contributed by atoms with Crippen molar-refractivity contribution in [3.8, 4) is 5.75 Å². The highest BCUT2D eigenvalue weighted by Crippen LogP contribution is 2.62. The van der Waals surface area contributed by atoms with Crippen molar-refractivity contribution in [2.24, 2.45) is 11.3 Å². The van der Waals surface area contributed by atoms with Crippen LogP contribution in [0.4, 0.5) is 5.69 Å². The Bertz CT molecular complexity index is 1580. The maximum Gasteiger partial charge on any atom is 0.238 e. The van der Waals surface area contributed by atoms with Gasteiger partial charge in [-0.05, 0) is 41.0 Å². The van der Waals surface area contributed by atoms with E-state index in [4.69, 9.17) is 4.74 Å². The quantitative estimate of drug-likeness (QED) is 0.313. The van der Waals surface area contributed by atoms with Crippen LogP contribution in [0.25, 0.3) is 6.08 Å². The third kappa shape index (κ3) is 3.59.